The van der Waals surface area contributed by atoms with Crippen molar-refractivity contribution in [1.82, 2.24) is 14.5 Å². The number of carbonyl (C=O) groups is 1. The summed E-state index contributed by atoms with van der Waals surface area (Å²) >= 11 is 0. The second kappa shape index (κ2) is 7.18. The summed E-state index contributed by atoms with van der Waals surface area (Å²) in [5.41, 5.74) is 2.97. The van der Waals surface area contributed by atoms with Crippen LogP contribution in [0, 0.1) is 5.82 Å². The molecule has 3 heterocycles. The van der Waals surface area contributed by atoms with E-state index in [1.54, 1.807) is 6.26 Å². The summed E-state index contributed by atoms with van der Waals surface area (Å²) in [5, 5.41) is 2.86. The first-order valence-electron chi connectivity index (χ1n) is 9.46. The fourth-order valence-electron chi connectivity index (χ4n) is 3.71. The molecular formula is C22H19FN4O2. The van der Waals surface area contributed by atoms with Gasteiger partial charge in [-0.05, 0) is 54.6 Å². The Morgan fingerprint density at radius 2 is 2.00 bits per heavy atom. The van der Waals surface area contributed by atoms with E-state index >= 15 is 0 Å². The number of fused-ring (bicyclic) bond motifs is 3. The number of hydrogen-bond acceptors (Lipinski definition) is 4. The number of furan rings is 1. The first-order chi connectivity index (χ1) is 14.2. The highest BCUT2D eigenvalue weighted by Crippen LogP contribution is 2.25. The van der Waals surface area contributed by atoms with Gasteiger partial charge in [0.1, 0.15) is 17.4 Å². The summed E-state index contributed by atoms with van der Waals surface area (Å²) in [6.45, 7) is 3.28. The topological polar surface area (TPSA) is 63.3 Å². The molecule has 0 atom stereocenters. The Kier molecular flexibility index (Phi) is 4.37. The molecule has 0 saturated heterocycles. The average molecular weight is 390 g/mol. The zero-order valence-electron chi connectivity index (χ0n) is 15.6. The monoisotopic (exact) mass is 390 g/mol. The first-order valence-corrected chi connectivity index (χ1v) is 9.46. The van der Waals surface area contributed by atoms with Gasteiger partial charge in [-0.3, -0.25) is 9.69 Å². The molecule has 4 aromatic rings. The maximum absolute atomic E-state index is 13.0. The minimum Gasteiger partial charge on any atom is -0.468 e. The third-order valence-electron chi connectivity index (χ3n) is 5.16. The molecule has 0 radical (unpaired) electrons. The molecular weight excluding hydrogens is 371 g/mol. The average Bonchev–Trinajstić information content (AvgIpc) is 3.35. The van der Waals surface area contributed by atoms with Crippen LogP contribution in [0.15, 0.2) is 65.3 Å². The van der Waals surface area contributed by atoms with Gasteiger partial charge in [0.2, 0.25) is 0 Å². The van der Waals surface area contributed by atoms with E-state index in [2.05, 4.69) is 14.8 Å². The predicted octanol–water partition coefficient (Wildman–Crippen LogP) is 4.04. The Labute approximate surface area is 166 Å². The van der Waals surface area contributed by atoms with E-state index in [1.807, 2.05) is 30.3 Å². The van der Waals surface area contributed by atoms with Gasteiger partial charge >= 0.3 is 0 Å². The van der Waals surface area contributed by atoms with Crippen LogP contribution in [0.5, 0.6) is 0 Å². The summed E-state index contributed by atoms with van der Waals surface area (Å²) in [5.74, 6) is 1.30. The number of rotatable bonds is 4. The molecule has 5 rings (SSSR count). The normalized spacial score (nSPS) is 14.1. The smallest absolute Gasteiger partial charge is 0.255 e. The fourth-order valence-corrected chi connectivity index (χ4v) is 3.71. The van der Waals surface area contributed by atoms with E-state index in [0.717, 1.165) is 48.8 Å². The van der Waals surface area contributed by atoms with E-state index in [-0.39, 0.29) is 11.7 Å². The van der Waals surface area contributed by atoms with E-state index < -0.39 is 0 Å². The van der Waals surface area contributed by atoms with Crippen molar-refractivity contribution >= 4 is 22.6 Å². The van der Waals surface area contributed by atoms with Crippen LogP contribution in [0.25, 0.3) is 11.0 Å². The molecule has 6 nitrogen and oxygen atoms in total. The van der Waals surface area contributed by atoms with Gasteiger partial charge in [0.05, 0.1) is 30.4 Å². The summed E-state index contributed by atoms with van der Waals surface area (Å²) in [7, 11) is 0. The van der Waals surface area contributed by atoms with Crippen LogP contribution in [0.3, 0.4) is 0 Å². The van der Waals surface area contributed by atoms with Crippen molar-refractivity contribution in [3.8, 4) is 0 Å². The van der Waals surface area contributed by atoms with Crippen molar-refractivity contribution in [3.05, 3.63) is 83.8 Å². The van der Waals surface area contributed by atoms with Crippen LogP contribution < -0.4 is 5.32 Å². The SMILES string of the molecule is O=C(Nc1ccc2c(c1)nc1n2CCN(Cc2ccco2)C1)c1ccc(F)cc1. The third-order valence-corrected chi connectivity index (χ3v) is 5.16. The van der Waals surface area contributed by atoms with Gasteiger partial charge in [-0.2, -0.15) is 0 Å². The highest BCUT2D eigenvalue weighted by Gasteiger charge is 2.21. The Morgan fingerprint density at radius 1 is 1.14 bits per heavy atom. The van der Waals surface area contributed by atoms with Gasteiger partial charge in [-0.25, -0.2) is 9.37 Å². The van der Waals surface area contributed by atoms with Crippen molar-refractivity contribution in [3.63, 3.8) is 0 Å². The van der Waals surface area contributed by atoms with Gasteiger partial charge < -0.3 is 14.3 Å². The van der Waals surface area contributed by atoms with Crippen molar-refractivity contribution in [2.75, 3.05) is 11.9 Å². The van der Waals surface area contributed by atoms with Gasteiger partial charge in [-0.1, -0.05) is 0 Å². The lowest BCUT2D eigenvalue weighted by molar-refractivity contribution is 0.102. The lowest BCUT2D eigenvalue weighted by Gasteiger charge is -2.26. The molecule has 0 bridgehead atoms. The minimum atomic E-state index is -0.368. The summed E-state index contributed by atoms with van der Waals surface area (Å²) in [6.07, 6.45) is 1.69. The van der Waals surface area contributed by atoms with Crippen LogP contribution in [-0.4, -0.2) is 26.9 Å². The zero-order valence-corrected chi connectivity index (χ0v) is 15.6. The standard InChI is InChI=1S/C22H19FN4O2/c23-16-5-3-15(4-6-16)22(28)24-17-7-8-20-19(12-17)25-21-14-26(9-10-27(20)21)13-18-2-1-11-29-18/h1-8,11-12H,9-10,13-14H2,(H,24,28). The van der Waals surface area contributed by atoms with Crippen molar-refractivity contribution in [2.45, 2.75) is 19.6 Å². The number of nitrogens with zero attached hydrogens (tertiary/aromatic N) is 3. The van der Waals surface area contributed by atoms with Crippen molar-refractivity contribution in [1.29, 1.82) is 0 Å². The van der Waals surface area contributed by atoms with Crippen LogP contribution in [0.1, 0.15) is 21.9 Å². The fraction of sp³-hybridized carbons (Fsp3) is 0.182. The highest BCUT2D eigenvalue weighted by atomic mass is 19.1. The molecule has 2 aromatic heterocycles. The van der Waals surface area contributed by atoms with Crippen LogP contribution in [-0.2, 0) is 19.6 Å². The number of carbonyl (C=O) groups excluding carboxylic acids is 1. The molecule has 29 heavy (non-hydrogen) atoms. The predicted molar refractivity (Wildman–Crippen MR) is 107 cm³/mol. The number of imidazole rings is 1. The summed E-state index contributed by atoms with van der Waals surface area (Å²) in [4.78, 5) is 19.5. The number of amides is 1. The van der Waals surface area contributed by atoms with E-state index in [4.69, 9.17) is 9.40 Å². The number of nitrogens with one attached hydrogen (secondary N) is 1. The quantitative estimate of drug-likeness (QED) is 0.571. The maximum Gasteiger partial charge on any atom is 0.255 e. The molecule has 146 valence electrons. The van der Waals surface area contributed by atoms with E-state index in [9.17, 15) is 9.18 Å². The van der Waals surface area contributed by atoms with E-state index in [1.165, 1.54) is 24.3 Å². The molecule has 0 aliphatic carbocycles. The lowest BCUT2D eigenvalue weighted by Crippen LogP contribution is -2.33. The molecule has 0 fully saturated rings. The van der Waals surface area contributed by atoms with E-state index in [0.29, 0.717) is 11.3 Å². The summed E-state index contributed by atoms with van der Waals surface area (Å²) in [6, 6.07) is 15.1. The van der Waals surface area contributed by atoms with Crippen molar-refractivity contribution in [2.24, 2.45) is 0 Å². The molecule has 0 spiro atoms. The van der Waals surface area contributed by atoms with Crippen LogP contribution >= 0.6 is 0 Å². The Hall–Kier alpha value is -3.45. The molecule has 0 unspecified atom stereocenters. The second-order valence-corrected chi connectivity index (χ2v) is 7.13. The van der Waals surface area contributed by atoms with Gasteiger partial charge in [0.25, 0.3) is 5.91 Å². The Bertz CT molecular complexity index is 1170. The molecule has 1 aliphatic rings. The molecule has 1 N–H and O–H groups in total. The Balaban J connectivity index is 1.35. The molecule has 2 aromatic carbocycles. The first kappa shape index (κ1) is 17.6. The molecule has 0 saturated carbocycles. The van der Waals surface area contributed by atoms with Gasteiger partial charge in [0.15, 0.2) is 0 Å². The molecule has 7 heteroatoms. The summed E-state index contributed by atoms with van der Waals surface area (Å²) < 4.78 is 20.7. The largest absolute Gasteiger partial charge is 0.468 e. The zero-order chi connectivity index (χ0) is 19.8. The second-order valence-electron chi connectivity index (χ2n) is 7.13. The lowest BCUT2D eigenvalue weighted by atomic mass is 10.2. The minimum absolute atomic E-state index is 0.280. The number of benzene rings is 2. The number of aromatic nitrogens is 2. The molecule has 1 aliphatic heterocycles. The third kappa shape index (κ3) is 3.52. The maximum atomic E-state index is 13.0. The van der Waals surface area contributed by atoms with Gasteiger partial charge in [-0.15, -0.1) is 0 Å². The van der Waals surface area contributed by atoms with Crippen LogP contribution in [0.2, 0.25) is 0 Å². The molecule has 1 amide bonds. The number of halogens is 1. The highest BCUT2D eigenvalue weighted by molar-refractivity contribution is 6.04. The van der Waals surface area contributed by atoms with Crippen molar-refractivity contribution < 1.29 is 13.6 Å². The number of anilines is 1. The van der Waals surface area contributed by atoms with Gasteiger partial charge in [0, 0.05) is 24.3 Å². The Morgan fingerprint density at radius 3 is 2.79 bits per heavy atom. The number of hydrogen-bond donors (Lipinski definition) is 1. The van der Waals surface area contributed by atoms with Crippen LogP contribution in [0.4, 0.5) is 10.1 Å².